The van der Waals surface area contributed by atoms with Crippen molar-refractivity contribution in [1.82, 2.24) is 20.1 Å². The summed E-state index contributed by atoms with van der Waals surface area (Å²) in [5.41, 5.74) is 4.84. The van der Waals surface area contributed by atoms with Crippen molar-refractivity contribution in [3.05, 3.63) is 77.3 Å². The number of anilines is 1. The van der Waals surface area contributed by atoms with Gasteiger partial charge in [-0.3, -0.25) is 4.79 Å². The number of nitrogens with one attached hydrogen (secondary N) is 1. The first-order valence-electron chi connectivity index (χ1n) is 9.15. The molecule has 1 N–H and O–H groups in total. The Labute approximate surface area is 165 Å². The molecule has 0 atom stereocenters. The first-order valence-corrected chi connectivity index (χ1v) is 9.15. The molecule has 28 heavy (non-hydrogen) atoms. The van der Waals surface area contributed by atoms with Gasteiger partial charge in [0.15, 0.2) is 0 Å². The molecule has 6 heteroatoms. The number of carbonyl (C=O) groups excluding carboxylic acids is 1. The minimum Gasteiger partial charge on any atom is -0.363 e. The van der Waals surface area contributed by atoms with Gasteiger partial charge in [-0.15, -0.1) is 0 Å². The van der Waals surface area contributed by atoms with Gasteiger partial charge >= 0.3 is 0 Å². The molecule has 0 fully saturated rings. The molecule has 0 unspecified atom stereocenters. The average Bonchev–Trinajstić information content (AvgIpc) is 2.99. The Morgan fingerprint density at radius 3 is 2.64 bits per heavy atom. The number of para-hydroxylation sites is 1. The highest BCUT2D eigenvalue weighted by atomic mass is 16.1. The van der Waals surface area contributed by atoms with Crippen LogP contribution in [-0.4, -0.2) is 34.8 Å². The first-order chi connectivity index (χ1) is 13.5. The predicted molar refractivity (Wildman–Crippen MR) is 112 cm³/mol. The third-order valence-electron chi connectivity index (χ3n) is 4.48. The molecule has 2 aromatic heterocycles. The maximum atomic E-state index is 12.3. The van der Waals surface area contributed by atoms with E-state index in [1.54, 1.807) is 12.3 Å². The van der Waals surface area contributed by atoms with Gasteiger partial charge in [0.1, 0.15) is 5.82 Å². The molecule has 0 bridgehead atoms. The van der Waals surface area contributed by atoms with Gasteiger partial charge < -0.3 is 10.2 Å². The summed E-state index contributed by atoms with van der Waals surface area (Å²) in [4.78, 5) is 18.5. The molecule has 2 heterocycles. The van der Waals surface area contributed by atoms with Crippen molar-refractivity contribution < 1.29 is 4.79 Å². The number of rotatable bonds is 6. The van der Waals surface area contributed by atoms with E-state index in [0.29, 0.717) is 6.54 Å². The summed E-state index contributed by atoms with van der Waals surface area (Å²) in [6.45, 7) is 4.40. The van der Waals surface area contributed by atoms with E-state index in [2.05, 4.69) is 15.4 Å². The van der Waals surface area contributed by atoms with E-state index in [1.165, 1.54) is 0 Å². The molecule has 0 aliphatic carbocycles. The van der Waals surface area contributed by atoms with Crippen molar-refractivity contribution in [2.45, 2.75) is 20.4 Å². The number of carbonyl (C=O) groups is 1. The summed E-state index contributed by atoms with van der Waals surface area (Å²) in [6, 6.07) is 13.8. The van der Waals surface area contributed by atoms with Gasteiger partial charge in [-0.25, -0.2) is 9.67 Å². The molecule has 3 aromatic rings. The quantitative estimate of drug-likeness (QED) is 0.672. The zero-order valence-electron chi connectivity index (χ0n) is 16.7. The number of aryl methyl sites for hydroxylation is 1. The van der Waals surface area contributed by atoms with Crippen molar-refractivity contribution in [3.63, 3.8) is 0 Å². The molecule has 0 radical (unpaired) electrons. The largest absolute Gasteiger partial charge is 0.363 e. The van der Waals surface area contributed by atoms with Crippen LogP contribution < -0.4 is 10.2 Å². The van der Waals surface area contributed by atoms with Gasteiger partial charge in [0.05, 0.1) is 11.4 Å². The van der Waals surface area contributed by atoms with E-state index in [-0.39, 0.29) is 5.91 Å². The first kappa shape index (κ1) is 19.4. The van der Waals surface area contributed by atoms with E-state index < -0.39 is 0 Å². The summed E-state index contributed by atoms with van der Waals surface area (Å²) >= 11 is 0. The van der Waals surface area contributed by atoms with Gasteiger partial charge in [0.2, 0.25) is 5.91 Å². The van der Waals surface area contributed by atoms with Gasteiger partial charge in [-0.05, 0) is 49.8 Å². The summed E-state index contributed by atoms with van der Waals surface area (Å²) < 4.78 is 1.90. The molecular weight excluding hydrogens is 350 g/mol. The Hall–Kier alpha value is -3.41. The maximum absolute atomic E-state index is 12.3. The average molecular weight is 375 g/mol. The Kier molecular flexibility index (Phi) is 5.89. The topological polar surface area (TPSA) is 63.1 Å². The molecule has 3 rings (SSSR count). The summed E-state index contributed by atoms with van der Waals surface area (Å²) in [5, 5.41) is 7.51. The lowest BCUT2D eigenvalue weighted by Gasteiger charge is -2.12. The van der Waals surface area contributed by atoms with Crippen molar-refractivity contribution in [1.29, 1.82) is 0 Å². The second-order valence-corrected chi connectivity index (χ2v) is 6.80. The third-order valence-corrected chi connectivity index (χ3v) is 4.48. The molecule has 0 spiro atoms. The highest BCUT2D eigenvalue weighted by molar-refractivity contribution is 5.92. The minimum absolute atomic E-state index is 0.144. The Bertz CT molecular complexity index is 989. The molecule has 0 aliphatic rings. The molecule has 1 aromatic carbocycles. The van der Waals surface area contributed by atoms with Crippen LogP contribution in [0.15, 0.2) is 54.7 Å². The lowest BCUT2D eigenvalue weighted by atomic mass is 10.2. The van der Waals surface area contributed by atoms with Crippen molar-refractivity contribution in [3.8, 4) is 5.69 Å². The van der Waals surface area contributed by atoms with Crippen LogP contribution in [0.2, 0.25) is 0 Å². The standard InChI is InChI=1S/C22H25N5O/c1-16-20(17(2)27(25-16)19-8-6-5-7-9-19)10-11-22(28)24-15-18-12-13-23-21(14-18)26(3)4/h5-14H,15H2,1-4H3,(H,24,28)/b11-10+. The van der Waals surface area contributed by atoms with Crippen LogP contribution >= 0.6 is 0 Å². The number of benzene rings is 1. The Morgan fingerprint density at radius 2 is 1.93 bits per heavy atom. The van der Waals surface area contributed by atoms with Gasteiger partial charge in [-0.1, -0.05) is 18.2 Å². The van der Waals surface area contributed by atoms with E-state index in [1.807, 2.05) is 86.1 Å². The number of hydrogen-bond donors (Lipinski definition) is 1. The van der Waals surface area contributed by atoms with Crippen LogP contribution in [0, 0.1) is 13.8 Å². The lowest BCUT2D eigenvalue weighted by Crippen LogP contribution is -2.20. The normalized spacial score (nSPS) is 11.0. The third kappa shape index (κ3) is 4.46. The molecule has 6 nitrogen and oxygen atoms in total. The van der Waals surface area contributed by atoms with Gasteiger partial charge in [-0.2, -0.15) is 5.10 Å². The predicted octanol–water partition coefficient (Wildman–Crippen LogP) is 3.28. The second-order valence-electron chi connectivity index (χ2n) is 6.80. The number of pyridine rings is 1. The molecule has 0 saturated heterocycles. The zero-order chi connectivity index (χ0) is 20.1. The molecule has 1 amide bonds. The number of nitrogens with zero attached hydrogens (tertiary/aromatic N) is 4. The van der Waals surface area contributed by atoms with Crippen molar-refractivity contribution >= 4 is 17.8 Å². The summed E-state index contributed by atoms with van der Waals surface area (Å²) in [6.07, 6.45) is 5.13. The van der Waals surface area contributed by atoms with Crippen molar-refractivity contribution in [2.24, 2.45) is 0 Å². The van der Waals surface area contributed by atoms with Crippen LogP contribution in [0.5, 0.6) is 0 Å². The van der Waals surface area contributed by atoms with E-state index >= 15 is 0 Å². The second kappa shape index (κ2) is 8.52. The molecular formula is C22H25N5O. The maximum Gasteiger partial charge on any atom is 0.244 e. The molecule has 144 valence electrons. The highest BCUT2D eigenvalue weighted by Crippen LogP contribution is 2.19. The smallest absolute Gasteiger partial charge is 0.244 e. The highest BCUT2D eigenvalue weighted by Gasteiger charge is 2.10. The lowest BCUT2D eigenvalue weighted by molar-refractivity contribution is -0.116. The van der Waals surface area contributed by atoms with Crippen LogP contribution in [0.4, 0.5) is 5.82 Å². The van der Waals surface area contributed by atoms with Crippen LogP contribution in [0.3, 0.4) is 0 Å². The van der Waals surface area contributed by atoms with Crippen LogP contribution in [0.25, 0.3) is 11.8 Å². The van der Waals surface area contributed by atoms with E-state index in [9.17, 15) is 4.79 Å². The fraction of sp³-hybridized carbons (Fsp3) is 0.227. The summed E-state index contributed by atoms with van der Waals surface area (Å²) in [5.74, 6) is 0.719. The number of aromatic nitrogens is 3. The van der Waals surface area contributed by atoms with Crippen LogP contribution in [-0.2, 0) is 11.3 Å². The SMILES string of the molecule is Cc1nn(-c2ccccc2)c(C)c1/C=C/C(=O)NCc1ccnc(N(C)C)c1. The van der Waals surface area contributed by atoms with Gasteiger partial charge in [0, 0.05) is 44.2 Å². The fourth-order valence-electron chi connectivity index (χ4n) is 2.94. The Morgan fingerprint density at radius 1 is 1.18 bits per heavy atom. The Balaban J connectivity index is 1.68. The number of amides is 1. The van der Waals surface area contributed by atoms with Gasteiger partial charge in [0.25, 0.3) is 0 Å². The number of hydrogen-bond acceptors (Lipinski definition) is 4. The molecule has 0 aliphatic heterocycles. The van der Waals surface area contributed by atoms with Crippen LogP contribution in [0.1, 0.15) is 22.5 Å². The van der Waals surface area contributed by atoms with E-state index in [4.69, 9.17) is 0 Å². The summed E-state index contributed by atoms with van der Waals surface area (Å²) in [7, 11) is 3.88. The van der Waals surface area contributed by atoms with E-state index in [0.717, 1.165) is 34.0 Å². The zero-order valence-corrected chi connectivity index (χ0v) is 16.7. The molecule has 0 saturated carbocycles. The van der Waals surface area contributed by atoms with Crippen molar-refractivity contribution in [2.75, 3.05) is 19.0 Å². The minimum atomic E-state index is -0.144. The monoisotopic (exact) mass is 375 g/mol. The fourth-order valence-corrected chi connectivity index (χ4v) is 2.94.